The van der Waals surface area contributed by atoms with E-state index in [0.717, 1.165) is 0 Å². The summed E-state index contributed by atoms with van der Waals surface area (Å²) in [5.41, 5.74) is -2.50. The number of aromatic nitrogens is 4. The van der Waals surface area contributed by atoms with Gasteiger partial charge in [0.1, 0.15) is 11.4 Å². The Bertz CT molecular complexity index is 1260. The van der Waals surface area contributed by atoms with Crippen LogP contribution in [0.4, 0.5) is 15.0 Å². The number of hydrogen-bond acceptors (Lipinski definition) is 12. The Morgan fingerprint density at radius 2 is 2.03 bits per heavy atom. The molecule has 0 saturated heterocycles. The fourth-order valence-corrected chi connectivity index (χ4v) is 3.24. The highest BCUT2D eigenvalue weighted by molar-refractivity contribution is 5.93. The van der Waals surface area contributed by atoms with Crippen LogP contribution in [0.1, 0.15) is 33.6 Å². The molecule has 14 nitrogen and oxygen atoms in total. The molecule has 0 saturated carbocycles. The van der Waals surface area contributed by atoms with Crippen molar-refractivity contribution >= 4 is 35.5 Å². The number of fused-ring (bicyclic) bond motifs is 1. The van der Waals surface area contributed by atoms with E-state index < -0.39 is 35.9 Å². The number of aliphatic hydroxyl groups is 1. The van der Waals surface area contributed by atoms with Crippen molar-refractivity contribution in [2.75, 3.05) is 32.8 Å². The maximum Gasteiger partial charge on any atom is 0.413 e. The number of aliphatic hydroxyl groups excluding tert-OH is 1. The molecule has 1 unspecified atom stereocenters. The fourth-order valence-electron chi connectivity index (χ4n) is 3.24. The Kier molecular flexibility index (Phi) is 10.7. The van der Waals surface area contributed by atoms with Crippen molar-refractivity contribution in [1.82, 2.24) is 19.5 Å². The number of esters is 1. The number of halogens is 1. The highest BCUT2D eigenvalue weighted by Gasteiger charge is 2.29. The van der Waals surface area contributed by atoms with E-state index in [0.29, 0.717) is 0 Å². The number of anilines is 1. The second kappa shape index (κ2) is 13.5. The van der Waals surface area contributed by atoms with Gasteiger partial charge in [0.05, 0.1) is 26.5 Å². The maximum absolute atomic E-state index is 14.2. The number of carbonyl (C=O) groups excluding carboxylic acids is 3. The average molecular weight is 552 g/mol. The van der Waals surface area contributed by atoms with Crippen LogP contribution in [-0.2, 0) is 39.8 Å². The minimum absolute atomic E-state index is 0.00452. The van der Waals surface area contributed by atoms with Crippen LogP contribution in [-0.4, -0.2) is 81.8 Å². The number of allylic oxidation sites excluding steroid dienone is 1. The molecule has 1 atom stereocenters. The number of terminal acetylenes is 1. The minimum atomic E-state index is -1.36. The SMILES string of the molecule is C#CC(CO)(CCn1cnc2c(NC(=O)OC(C)(C)CC(=O)OC/C(OC=O)=C(\C)OC)nc(F)nc21)OC. The predicted molar refractivity (Wildman–Crippen MR) is 132 cm³/mol. The number of methoxy groups -OCH3 is 2. The number of amides is 1. The van der Waals surface area contributed by atoms with Gasteiger partial charge in [-0.25, -0.2) is 9.78 Å². The standard InChI is InChI=1S/C24H30FN5O9/c1-7-24(12-31,36-6)8-9-30-13-26-18-19(27-21(25)29-20(18)30)28-22(34)39-23(3,4)10-17(33)37-11-16(38-14-32)15(2)35-5/h1,13-14,31H,8-12H2,2-6H3,(H,27,28,29,34)/b16-15-. The summed E-state index contributed by atoms with van der Waals surface area (Å²) in [7, 11) is 2.71. The van der Waals surface area contributed by atoms with Crippen LogP contribution >= 0.6 is 0 Å². The zero-order valence-corrected chi connectivity index (χ0v) is 22.1. The van der Waals surface area contributed by atoms with Crippen LogP contribution in [0.15, 0.2) is 17.8 Å². The van der Waals surface area contributed by atoms with E-state index in [-0.39, 0.29) is 61.0 Å². The molecule has 39 heavy (non-hydrogen) atoms. The lowest BCUT2D eigenvalue weighted by atomic mass is 10.0. The third kappa shape index (κ3) is 8.35. The molecule has 0 aliphatic rings. The fraction of sp³-hybridized carbons (Fsp3) is 0.500. The first-order valence-corrected chi connectivity index (χ1v) is 11.4. The molecule has 1 amide bonds. The molecule has 2 rings (SSSR count). The number of nitrogens with one attached hydrogen (secondary N) is 1. The highest BCUT2D eigenvalue weighted by Crippen LogP contribution is 2.23. The Hall–Kier alpha value is -4.29. The summed E-state index contributed by atoms with van der Waals surface area (Å²) in [6.07, 6.45) is 4.40. The van der Waals surface area contributed by atoms with Gasteiger partial charge in [0, 0.05) is 20.1 Å². The van der Waals surface area contributed by atoms with Crippen molar-refractivity contribution in [1.29, 1.82) is 0 Å². The van der Waals surface area contributed by atoms with Gasteiger partial charge in [-0.05, 0) is 20.8 Å². The first-order valence-electron chi connectivity index (χ1n) is 11.4. The number of aryl methyl sites for hydroxylation is 1. The van der Waals surface area contributed by atoms with E-state index in [1.165, 1.54) is 45.9 Å². The second-order valence-corrected chi connectivity index (χ2v) is 8.71. The summed E-state index contributed by atoms with van der Waals surface area (Å²) < 4.78 is 40.9. The molecule has 0 radical (unpaired) electrons. The lowest BCUT2D eigenvalue weighted by molar-refractivity contribution is -0.149. The van der Waals surface area contributed by atoms with E-state index in [2.05, 4.69) is 26.2 Å². The number of rotatable bonds is 14. The van der Waals surface area contributed by atoms with Crippen molar-refractivity contribution in [2.24, 2.45) is 0 Å². The molecule has 2 aromatic heterocycles. The summed E-state index contributed by atoms with van der Waals surface area (Å²) in [5.74, 6) is 1.58. The smallest absolute Gasteiger partial charge is 0.413 e. The molecular formula is C24H30FN5O9. The molecule has 2 heterocycles. The molecule has 0 fully saturated rings. The van der Waals surface area contributed by atoms with Gasteiger partial charge in [-0.1, -0.05) is 5.92 Å². The minimum Gasteiger partial charge on any atom is -0.498 e. The third-order valence-electron chi connectivity index (χ3n) is 5.52. The Morgan fingerprint density at radius 1 is 1.31 bits per heavy atom. The van der Waals surface area contributed by atoms with Gasteiger partial charge in [0.2, 0.25) is 0 Å². The van der Waals surface area contributed by atoms with Crippen molar-refractivity contribution < 1.29 is 47.6 Å². The molecule has 0 aliphatic heterocycles. The summed E-state index contributed by atoms with van der Waals surface area (Å²) >= 11 is 0. The van der Waals surface area contributed by atoms with Crippen molar-refractivity contribution in [3.05, 3.63) is 23.9 Å². The molecule has 0 aromatic carbocycles. The first-order chi connectivity index (χ1) is 18.4. The van der Waals surface area contributed by atoms with Crippen molar-refractivity contribution in [2.45, 2.75) is 51.4 Å². The average Bonchev–Trinajstić information content (AvgIpc) is 3.29. The third-order valence-corrected chi connectivity index (χ3v) is 5.52. The number of carbonyl (C=O) groups is 3. The Morgan fingerprint density at radius 3 is 2.62 bits per heavy atom. The maximum atomic E-state index is 14.2. The van der Waals surface area contributed by atoms with Gasteiger partial charge in [-0.15, -0.1) is 6.42 Å². The number of ether oxygens (including phenoxy) is 5. The van der Waals surface area contributed by atoms with Crippen LogP contribution in [0.2, 0.25) is 0 Å². The first kappa shape index (κ1) is 30.9. The summed E-state index contributed by atoms with van der Waals surface area (Å²) in [4.78, 5) is 46.9. The van der Waals surface area contributed by atoms with Gasteiger partial charge in [0.25, 0.3) is 6.47 Å². The van der Waals surface area contributed by atoms with E-state index >= 15 is 0 Å². The lowest BCUT2D eigenvalue weighted by Crippen LogP contribution is -2.35. The normalized spacial score (nSPS) is 13.5. The summed E-state index contributed by atoms with van der Waals surface area (Å²) in [6, 6.07) is 0. The van der Waals surface area contributed by atoms with Crippen LogP contribution in [0.5, 0.6) is 0 Å². The predicted octanol–water partition coefficient (Wildman–Crippen LogP) is 1.68. The highest BCUT2D eigenvalue weighted by atomic mass is 19.1. The molecule has 0 bridgehead atoms. The molecule has 212 valence electrons. The van der Waals surface area contributed by atoms with Crippen molar-refractivity contribution in [3.8, 4) is 12.3 Å². The Balaban J connectivity index is 2.08. The summed E-state index contributed by atoms with van der Waals surface area (Å²) in [5, 5.41) is 11.9. The second-order valence-electron chi connectivity index (χ2n) is 8.71. The van der Waals surface area contributed by atoms with Crippen LogP contribution in [0.25, 0.3) is 11.2 Å². The van der Waals surface area contributed by atoms with Crippen LogP contribution in [0.3, 0.4) is 0 Å². The van der Waals surface area contributed by atoms with E-state index in [9.17, 15) is 23.9 Å². The van der Waals surface area contributed by atoms with Crippen molar-refractivity contribution in [3.63, 3.8) is 0 Å². The van der Waals surface area contributed by atoms with Gasteiger partial charge in [-0.2, -0.15) is 14.4 Å². The van der Waals surface area contributed by atoms with Gasteiger partial charge in [0.15, 0.2) is 34.9 Å². The molecule has 15 heteroatoms. The van der Waals surface area contributed by atoms with Crippen LogP contribution in [0, 0.1) is 18.4 Å². The molecule has 0 spiro atoms. The number of imidazole rings is 1. The summed E-state index contributed by atoms with van der Waals surface area (Å²) in [6.45, 7) is 3.92. The number of nitrogens with zero attached hydrogens (tertiary/aromatic N) is 4. The molecule has 0 aliphatic carbocycles. The van der Waals surface area contributed by atoms with E-state index in [1.807, 2.05) is 0 Å². The Labute approximate surface area is 223 Å². The monoisotopic (exact) mass is 551 g/mol. The molecule has 2 N–H and O–H groups in total. The molecular weight excluding hydrogens is 521 g/mol. The van der Waals surface area contributed by atoms with Gasteiger partial charge >= 0.3 is 18.1 Å². The zero-order valence-electron chi connectivity index (χ0n) is 22.1. The lowest BCUT2D eigenvalue weighted by Gasteiger charge is -2.24. The van der Waals surface area contributed by atoms with Gasteiger partial charge in [-0.3, -0.25) is 14.9 Å². The molecule has 2 aromatic rings. The van der Waals surface area contributed by atoms with E-state index in [4.69, 9.17) is 30.1 Å². The zero-order chi connectivity index (χ0) is 29.2. The van der Waals surface area contributed by atoms with Gasteiger partial charge < -0.3 is 33.4 Å². The quantitative estimate of drug-likeness (QED) is 0.0870. The number of hydrogen-bond donors (Lipinski definition) is 2. The largest absolute Gasteiger partial charge is 0.498 e. The topological polar surface area (TPSA) is 173 Å². The van der Waals surface area contributed by atoms with E-state index in [1.54, 1.807) is 0 Å². The van der Waals surface area contributed by atoms with Crippen LogP contribution < -0.4 is 5.32 Å².